The number of para-hydroxylation sites is 1. The number of hydrogen-bond acceptors (Lipinski definition) is 4. The van der Waals surface area contributed by atoms with Crippen LogP contribution < -0.4 is 10.1 Å². The monoisotopic (exact) mass is 314 g/mol. The maximum absolute atomic E-state index is 12.2. The van der Waals surface area contributed by atoms with Crippen LogP contribution in [0, 0.1) is 0 Å². The molecule has 22 heavy (non-hydrogen) atoms. The zero-order valence-corrected chi connectivity index (χ0v) is 12.8. The van der Waals surface area contributed by atoms with Gasteiger partial charge < -0.3 is 14.9 Å². The van der Waals surface area contributed by atoms with Gasteiger partial charge in [-0.1, -0.05) is 24.2 Å². The zero-order chi connectivity index (χ0) is 16.6. The fraction of sp³-hybridized carbons (Fsp3) is 0.467. The Morgan fingerprint density at radius 3 is 2.73 bits per heavy atom. The van der Waals surface area contributed by atoms with Crippen molar-refractivity contribution < 1.29 is 23.1 Å². The van der Waals surface area contributed by atoms with Crippen LogP contribution in [0.25, 0.3) is 0 Å². The molecule has 0 unspecified atom stereocenters. The molecule has 0 aromatic heterocycles. The van der Waals surface area contributed by atoms with Crippen LogP contribution in [0.3, 0.4) is 0 Å². The van der Waals surface area contributed by atoms with E-state index in [1.165, 1.54) is 12.3 Å². The van der Waals surface area contributed by atoms with Gasteiger partial charge in [-0.25, -0.2) is 0 Å². The van der Waals surface area contributed by atoms with Crippen molar-refractivity contribution >= 4 is 12.1 Å². The lowest BCUT2D eigenvalue weighted by Gasteiger charge is -2.23. The second-order valence-corrected chi connectivity index (χ2v) is 5.21. The van der Waals surface area contributed by atoms with E-state index in [-0.39, 0.29) is 23.8 Å². The fourth-order valence-electron chi connectivity index (χ4n) is 1.48. The molecule has 0 aliphatic carbocycles. The van der Waals surface area contributed by atoms with Gasteiger partial charge in [0.25, 0.3) is 5.91 Å². The molecule has 1 aromatic carbocycles. The first kappa shape index (κ1) is 17.9. The average Bonchev–Trinajstić information content (AvgIpc) is 2.44. The summed E-state index contributed by atoms with van der Waals surface area (Å²) in [7, 11) is 0. The molecule has 0 saturated heterocycles. The number of ether oxygens (including phenoxy) is 1. The van der Waals surface area contributed by atoms with Gasteiger partial charge in [0.15, 0.2) is 6.61 Å². The molecule has 0 radical (unpaired) electrons. The van der Waals surface area contributed by atoms with Crippen molar-refractivity contribution in [2.45, 2.75) is 39.3 Å². The number of carbonyl (C=O) groups is 1. The summed E-state index contributed by atoms with van der Waals surface area (Å²) in [5, 5.41) is 6.38. The lowest BCUT2D eigenvalue weighted by molar-refractivity contribution is -0.127. The standard InChI is InChI=1S/C15H20F2N2O3/c1-4-15(2,3)19-13(20)10-21-18-9-11-7-5-6-8-12(11)22-14(16)17/h5-9,14H,4,10H2,1-3H3,(H,19,20)/b18-9+. The maximum atomic E-state index is 12.2. The van der Waals surface area contributed by atoms with Crippen LogP contribution >= 0.6 is 0 Å². The Balaban J connectivity index is 2.51. The molecule has 0 fully saturated rings. The molecule has 0 spiro atoms. The van der Waals surface area contributed by atoms with Crippen molar-refractivity contribution in [2.75, 3.05) is 6.61 Å². The molecule has 0 bridgehead atoms. The third kappa shape index (κ3) is 6.51. The summed E-state index contributed by atoms with van der Waals surface area (Å²) in [5.74, 6) is -0.317. The van der Waals surface area contributed by atoms with Gasteiger partial charge in [0.05, 0.1) is 6.21 Å². The zero-order valence-electron chi connectivity index (χ0n) is 12.8. The number of alkyl halides is 2. The first-order valence-electron chi connectivity index (χ1n) is 6.84. The molecule has 5 nitrogen and oxygen atoms in total. The molecule has 1 N–H and O–H groups in total. The number of nitrogens with zero attached hydrogens (tertiary/aromatic N) is 1. The SMILES string of the molecule is CCC(C)(C)NC(=O)CO/N=C/c1ccccc1OC(F)F. The topological polar surface area (TPSA) is 59.9 Å². The average molecular weight is 314 g/mol. The third-order valence-corrected chi connectivity index (χ3v) is 2.96. The molecule has 0 heterocycles. The summed E-state index contributed by atoms with van der Waals surface area (Å²) in [6.45, 7) is 2.58. The third-order valence-electron chi connectivity index (χ3n) is 2.96. The highest BCUT2D eigenvalue weighted by atomic mass is 19.3. The van der Waals surface area contributed by atoms with Crippen molar-refractivity contribution in [3.63, 3.8) is 0 Å². The van der Waals surface area contributed by atoms with E-state index in [2.05, 4.69) is 15.2 Å². The van der Waals surface area contributed by atoms with Crippen molar-refractivity contribution in [3.8, 4) is 5.75 Å². The number of amides is 1. The molecule has 1 amide bonds. The number of benzene rings is 1. The smallest absolute Gasteiger partial charge is 0.387 e. The molecule has 0 aliphatic rings. The first-order chi connectivity index (χ1) is 10.3. The molecule has 1 rings (SSSR count). The fourth-order valence-corrected chi connectivity index (χ4v) is 1.48. The van der Waals surface area contributed by atoms with E-state index < -0.39 is 6.61 Å². The molecule has 0 atom stereocenters. The molecule has 0 saturated carbocycles. The van der Waals surface area contributed by atoms with Gasteiger partial charge in [-0.2, -0.15) is 8.78 Å². The highest BCUT2D eigenvalue weighted by molar-refractivity contribution is 5.83. The lowest BCUT2D eigenvalue weighted by atomic mass is 10.0. The molecule has 122 valence electrons. The van der Waals surface area contributed by atoms with Gasteiger partial charge in [0.2, 0.25) is 0 Å². The van der Waals surface area contributed by atoms with Crippen molar-refractivity contribution in [3.05, 3.63) is 29.8 Å². The summed E-state index contributed by atoms with van der Waals surface area (Å²) in [6, 6.07) is 6.15. The summed E-state index contributed by atoms with van der Waals surface area (Å²) in [6.07, 6.45) is 2.00. The van der Waals surface area contributed by atoms with Gasteiger partial charge in [-0.15, -0.1) is 0 Å². The summed E-state index contributed by atoms with van der Waals surface area (Å²) in [5.41, 5.74) is 0.0130. The minimum Gasteiger partial charge on any atom is -0.434 e. The van der Waals surface area contributed by atoms with Crippen LogP contribution in [0.15, 0.2) is 29.4 Å². The van der Waals surface area contributed by atoms with Gasteiger partial charge >= 0.3 is 6.61 Å². The van der Waals surface area contributed by atoms with E-state index in [0.29, 0.717) is 5.56 Å². The number of rotatable bonds is 8. The van der Waals surface area contributed by atoms with Gasteiger partial charge in [0, 0.05) is 11.1 Å². The number of carbonyl (C=O) groups excluding carboxylic acids is 1. The van der Waals surface area contributed by atoms with Gasteiger partial charge in [-0.3, -0.25) is 4.79 Å². The van der Waals surface area contributed by atoms with Crippen LogP contribution in [0.5, 0.6) is 5.75 Å². The van der Waals surface area contributed by atoms with Crippen LogP contribution in [0.1, 0.15) is 32.8 Å². The second-order valence-electron chi connectivity index (χ2n) is 5.21. The minimum absolute atomic E-state index is 0.0126. The quantitative estimate of drug-likeness (QED) is 0.593. The summed E-state index contributed by atoms with van der Waals surface area (Å²) >= 11 is 0. The summed E-state index contributed by atoms with van der Waals surface area (Å²) < 4.78 is 28.8. The molecule has 1 aromatic rings. The largest absolute Gasteiger partial charge is 0.434 e. The lowest BCUT2D eigenvalue weighted by Crippen LogP contribution is -2.44. The van der Waals surface area contributed by atoms with E-state index in [4.69, 9.17) is 4.84 Å². The second kappa shape index (κ2) is 8.31. The molecule has 7 heteroatoms. The van der Waals surface area contributed by atoms with Crippen molar-refractivity contribution in [1.82, 2.24) is 5.32 Å². The Hall–Kier alpha value is -2.18. The van der Waals surface area contributed by atoms with Crippen LogP contribution in [-0.4, -0.2) is 30.9 Å². The molecular formula is C15H20F2N2O3. The maximum Gasteiger partial charge on any atom is 0.387 e. The van der Waals surface area contributed by atoms with E-state index in [1.807, 2.05) is 20.8 Å². The number of oxime groups is 1. The predicted molar refractivity (Wildman–Crippen MR) is 79.1 cm³/mol. The number of nitrogens with one attached hydrogen (secondary N) is 1. The van der Waals surface area contributed by atoms with E-state index in [9.17, 15) is 13.6 Å². The highest BCUT2D eigenvalue weighted by Crippen LogP contribution is 2.18. The van der Waals surface area contributed by atoms with E-state index >= 15 is 0 Å². The molecule has 0 aliphatic heterocycles. The predicted octanol–water partition coefficient (Wildman–Crippen LogP) is 2.94. The Morgan fingerprint density at radius 2 is 2.09 bits per heavy atom. The Kier molecular flexibility index (Phi) is 6.75. The Bertz CT molecular complexity index is 519. The number of hydrogen-bond donors (Lipinski definition) is 1. The van der Waals surface area contributed by atoms with Crippen LogP contribution in [0.2, 0.25) is 0 Å². The highest BCUT2D eigenvalue weighted by Gasteiger charge is 2.17. The number of halogens is 2. The van der Waals surface area contributed by atoms with Crippen LogP contribution in [0.4, 0.5) is 8.78 Å². The Labute approximate surface area is 128 Å². The van der Waals surface area contributed by atoms with Crippen molar-refractivity contribution in [2.24, 2.45) is 5.16 Å². The van der Waals surface area contributed by atoms with Gasteiger partial charge in [-0.05, 0) is 32.4 Å². The summed E-state index contributed by atoms with van der Waals surface area (Å²) in [4.78, 5) is 16.5. The van der Waals surface area contributed by atoms with Gasteiger partial charge in [0.1, 0.15) is 5.75 Å². The van der Waals surface area contributed by atoms with Crippen molar-refractivity contribution in [1.29, 1.82) is 0 Å². The first-order valence-corrected chi connectivity index (χ1v) is 6.84. The molecular weight excluding hydrogens is 294 g/mol. The van der Waals surface area contributed by atoms with E-state index in [1.54, 1.807) is 18.2 Å². The minimum atomic E-state index is -2.92. The Morgan fingerprint density at radius 1 is 1.41 bits per heavy atom. The van der Waals surface area contributed by atoms with E-state index in [0.717, 1.165) is 6.42 Å². The normalized spacial score (nSPS) is 11.7. The van der Waals surface area contributed by atoms with Crippen LogP contribution in [-0.2, 0) is 9.63 Å².